The number of nitrogen functional groups attached to an aromatic ring is 1. The molecule has 11 nitrogen and oxygen atoms in total. The smallest absolute Gasteiger partial charge is 0.453 e. The van der Waals surface area contributed by atoms with Crippen LogP contribution in [-0.2, 0) is 14.2 Å². The van der Waals surface area contributed by atoms with Crippen LogP contribution in [0.5, 0.6) is 6.01 Å². The first-order chi connectivity index (χ1) is 11.6. The summed E-state index contributed by atoms with van der Waals surface area (Å²) in [5.74, 6) is 0.225. The van der Waals surface area contributed by atoms with E-state index < -0.39 is 30.7 Å². The minimum atomic E-state index is -1.000. The average Bonchev–Trinajstić information content (AvgIpc) is 3.17. The predicted octanol–water partition coefficient (Wildman–Crippen LogP) is -0.399. The Balaban J connectivity index is 1.56. The number of hydrogen-bond donors (Lipinski definition) is 2. The van der Waals surface area contributed by atoms with E-state index >= 15 is 0 Å². The molecule has 1 fully saturated rings. The molecular formula is C13H15N5O6. The minimum absolute atomic E-state index is 0.157. The molecule has 3 N–H and O–H groups in total. The molecule has 4 heterocycles. The summed E-state index contributed by atoms with van der Waals surface area (Å²) in [6, 6.07) is 0.246. The zero-order valence-electron chi connectivity index (χ0n) is 12.7. The van der Waals surface area contributed by atoms with E-state index in [0.717, 1.165) is 0 Å². The Bertz CT molecular complexity index is 794. The predicted molar refractivity (Wildman–Crippen MR) is 77.0 cm³/mol. The maximum atomic E-state index is 11.3. The standard InChI is InChI=1S/C13H15N5O6/c1-2-21-13(20)22-3-5-7(19)8-11(23-5)18-10-6(17-12(18)24-8)9(14)15-4-16-10/h4-5,7-8,11,19H,2-3H2,1H3,(H2,14,15,16)/t5-,7-,8+,11-/m1/s1. The fourth-order valence-corrected chi connectivity index (χ4v) is 2.84. The largest absolute Gasteiger partial charge is 0.508 e. The highest BCUT2D eigenvalue weighted by atomic mass is 16.7. The van der Waals surface area contributed by atoms with Crippen LogP contribution in [0.25, 0.3) is 11.2 Å². The van der Waals surface area contributed by atoms with E-state index in [1.807, 2.05) is 0 Å². The molecule has 0 unspecified atom stereocenters. The van der Waals surface area contributed by atoms with Crippen molar-refractivity contribution in [1.29, 1.82) is 0 Å². The van der Waals surface area contributed by atoms with Crippen molar-refractivity contribution in [2.45, 2.75) is 31.5 Å². The van der Waals surface area contributed by atoms with Gasteiger partial charge in [-0.1, -0.05) is 0 Å². The van der Waals surface area contributed by atoms with Gasteiger partial charge in [0.2, 0.25) is 0 Å². The summed E-state index contributed by atoms with van der Waals surface area (Å²) in [7, 11) is 0. The van der Waals surface area contributed by atoms with Gasteiger partial charge in [0, 0.05) is 0 Å². The van der Waals surface area contributed by atoms with Gasteiger partial charge >= 0.3 is 12.2 Å². The van der Waals surface area contributed by atoms with Crippen molar-refractivity contribution >= 4 is 23.1 Å². The zero-order chi connectivity index (χ0) is 16.8. The summed E-state index contributed by atoms with van der Waals surface area (Å²) in [4.78, 5) is 23.5. The van der Waals surface area contributed by atoms with Gasteiger partial charge in [-0.05, 0) is 6.92 Å². The summed E-state index contributed by atoms with van der Waals surface area (Å²) in [6.45, 7) is 1.71. The number of nitrogens with two attached hydrogens (primary N) is 1. The molecule has 0 bridgehead atoms. The molecule has 0 saturated carbocycles. The van der Waals surface area contributed by atoms with Gasteiger partial charge in [0.15, 0.2) is 29.3 Å². The van der Waals surface area contributed by atoms with E-state index in [2.05, 4.69) is 19.7 Å². The second-order valence-electron chi connectivity index (χ2n) is 5.33. The molecule has 11 heteroatoms. The second-order valence-corrected chi connectivity index (χ2v) is 5.33. The number of rotatable bonds is 3. The molecule has 2 aromatic heterocycles. The number of carbonyl (C=O) groups is 1. The Labute approximate surface area is 135 Å². The molecule has 2 aromatic rings. The first-order valence-corrected chi connectivity index (χ1v) is 7.38. The van der Waals surface area contributed by atoms with E-state index in [9.17, 15) is 9.90 Å². The molecule has 128 valence electrons. The zero-order valence-corrected chi connectivity index (χ0v) is 12.7. The highest BCUT2D eigenvalue weighted by Crippen LogP contribution is 2.42. The molecule has 1 saturated heterocycles. The summed E-state index contributed by atoms with van der Waals surface area (Å²) in [5.41, 5.74) is 6.62. The second kappa shape index (κ2) is 5.46. The van der Waals surface area contributed by atoms with Gasteiger partial charge in [-0.2, -0.15) is 4.98 Å². The SMILES string of the molecule is CCOC(=O)OC[C@H]1O[C@@H]2[C@@H](Oc3nc4c(N)ncnc4n32)[C@@H]1O. The van der Waals surface area contributed by atoms with E-state index in [1.165, 1.54) is 6.33 Å². The van der Waals surface area contributed by atoms with Gasteiger partial charge in [0.05, 0.1) is 6.61 Å². The Morgan fingerprint density at radius 1 is 1.46 bits per heavy atom. The third-order valence-corrected chi connectivity index (χ3v) is 3.91. The van der Waals surface area contributed by atoms with Crippen LogP contribution in [0.1, 0.15) is 13.2 Å². The number of hydrogen-bond acceptors (Lipinski definition) is 10. The van der Waals surface area contributed by atoms with Crippen LogP contribution in [0, 0.1) is 0 Å². The lowest BCUT2D eigenvalue weighted by Gasteiger charge is -2.16. The lowest BCUT2D eigenvalue weighted by molar-refractivity contribution is -0.0553. The van der Waals surface area contributed by atoms with Crippen molar-refractivity contribution < 1.29 is 28.8 Å². The van der Waals surface area contributed by atoms with Gasteiger partial charge in [-0.25, -0.2) is 19.3 Å². The molecular weight excluding hydrogens is 322 g/mol. The number of nitrogens with zero attached hydrogens (tertiary/aromatic N) is 4. The molecule has 0 spiro atoms. The molecule has 24 heavy (non-hydrogen) atoms. The fraction of sp³-hybridized carbons (Fsp3) is 0.538. The van der Waals surface area contributed by atoms with Crippen LogP contribution in [0.4, 0.5) is 10.6 Å². The van der Waals surface area contributed by atoms with Crippen LogP contribution in [0.15, 0.2) is 6.33 Å². The Kier molecular flexibility index (Phi) is 3.39. The molecule has 4 rings (SSSR count). The molecule has 0 radical (unpaired) electrons. The Hall–Kier alpha value is -2.66. The maximum absolute atomic E-state index is 11.3. The van der Waals surface area contributed by atoms with Crippen molar-refractivity contribution in [1.82, 2.24) is 19.5 Å². The number of anilines is 1. The molecule has 0 amide bonds. The van der Waals surface area contributed by atoms with E-state index in [1.54, 1.807) is 11.5 Å². The van der Waals surface area contributed by atoms with Gasteiger partial charge in [0.1, 0.15) is 25.1 Å². The number of imidazole rings is 1. The van der Waals surface area contributed by atoms with Crippen molar-refractivity contribution in [3.8, 4) is 6.01 Å². The van der Waals surface area contributed by atoms with Crippen LogP contribution in [-0.4, -0.2) is 62.3 Å². The van der Waals surface area contributed by atoms with Crippen LogP contribution in [0.2, 0.25) is 0 Å². The first kappa shape index (κ1) is 14.9. The number of aromatic nitrogens is 4. The Morgan fingerprint density at radius 2 is 2.29 bits per heavy atom. The fourth-order valence-electron chi connectivity index (χ4n) is 2.84. The molecule has 0 aliphatic carbocycles. The molecule has 2 aliphatic heterocycles. The summed E-state index contributed by atoms with van der Waals surface area (Å²) >= 11 is 0. The molecule has 0 aromatic carbocycles. The monoisotopic (exact) mass is 337 g/mol. The summed E-state index contributed by atoms with van der Waals surface area (Å²) in [6.07, 6.45) is -2.59. The number of ether oxygens (including phenoxy) is 4. The third kappa shape index (κ3) is 2.12. The first-order valence-electron chi connectivity index (χ1n) is 7.38. The highest BCUT2D eigenvalue weighted by Gasteiger charge is 2.53. The Morgan fingerprint density at radius 3 is 3.08 bits per heavy atom. The normalized spacial score (nSPS) is 27.6. The quantitative estimate of drug-likeness (QED) is 0.710. The average molecular weight is 337 g/mol. The van der Waals surface area contributed by atoms with Crippen molar-refractivity contribution in [3.63, 3.8) is 0 Å². The molecule has 2 aliphatic rings. The van der Waals surface area contributed by atoms with Gasteiger partial charge in [-0.3, -0.25) is 0 Å². The van der Waals surface area contributed by atoms with E-state index in [-0.39, 0.29) is 25.0 Å². The van der Waals surface area contributed by atoms with Crippen molar-refractivity contribution in [3.05, 3.63) is 6.33 Å². The molecule has 4 atom stereocenters. The number of fused-ring (bicyclic) bond motifs is 5. The van der Waals surface area contributed by atoms with Gasteiger partial charge in [-0.15, -0.1) is 0 Å². The number of carbonyl (C=O) groups excluding carboxylic acids is 1. The number of aliphatic hydroxyl groups excluding tert-OH is 1. The van der Waals surface area contributed by atoms with Crippen LogP contribution in [0.3, 0.4) is 0 Å². The van der Waals surface area contributed by atoms with Crippen molar-refractivity contribution in [2.24, 2.45) is 0 Å². The lowest BCUT2D eigenvalue weighted by atomic mass is 10.1. The van der Waals surface area contributed by atoms with E-state index in [0.29, 0.717) is 11.2 Å². The van der Waals surface area contributed by atoms with E-state index in [4.69, 9.17) is 19.9 Å². The van der Waals surface area contributed by atoms with Crippen LogP contribution >= 0.6 is 0 Å². The van der Waals surface area contributed by atoms with Crippen LogP contribution < -0.4 is 10.5 Å². The topological polar surface area (TPSA) is 144 Å². The lowest BCUT2D eigenvalue weighted by Crippen LogP contribution is -2.36. The number of aliphatic hydroxyl groups is 1. The third-order valence-electron chi connectivity index (χ3n) is 3.91. The van der Waals surface area contributed by atoms with Gasteiger partial charge in [0.25, 0.3) is 0 Å². The highest BCUT2D eigenvalue weighted by molar-refractivity contribution is 5.82. The summed E-state index contributed by atoms with van der Waals surface area (Å²) < 4.78 is 22.6. The summed E-state index contributed by atoms with van der Waals surface area (Å²) in [5, 5.41) is 10.3. The minimum Gasteiger partial charge on any atom is -0.453 e. The maximum Gasteiger partial charge on any atom is 0.508 e. The van der Waals surface area contributed by atoms with Gasteiger partial charge < -0.3 is 29.8 Å². The van der Waals surface area contributed by atoms with Crippen molar-refractivity contribution in [2.75, 3.05) is 18.9 Å².